The number of ether oxygens (including phenoxy) is 1. The minimum Gasteiger partial charge on any atom is -0.373 e. The highest BCUT2D eigenvalue weighted by Gasteiger charge is 2.30. The average molecular weight is 300 g/mol. The third-order valence-corrected chi connectivity index (χ3v) is 4.41. The molecule has 2 aromatic heterocycles. The van der Waals surface area contributed by atoms with Crippen molar-refractivity contribution in [3.63, 3.8) is 0 Å². The van der Waals surface area contributed by atoms with Crippen molar-refractivity contribution in [1.29, 1.82) is 0 Å². The van der Waals surface area contributed by atoms with Gasteiger partial charge in [0.1, 0.15) is 0 Å². The summed E-state index contributed by atoms with van der Waals surface area (Å²) in [4.78, 5) is 4.07. The molecule has 0 aliphatic carbocycles. The number of hydrogen-bond donors (Lipinski definition) is 1. The lowest BCUT2D eigenvalue weighted by atomic mass is 9.96. The van der Waals surface area contributed by atoms with Crippen LogP contribution in [0.2, 0.25) is 0 Å². The SMILES string of the molecule is CCn1cc([C@@H]2OCC[C@H]2CN[C@@H](C)c2ccncc2)cn1. The Labute approximate surface area is 131 Å². The standard InChI is InChI=1S/C17H24N4O/c1-3-21-12-16(11-20-21)17-15(6-9-22-17)10-19-13(2)14-4-7-18-8-5-14/h4-5,7-8,11-13,15,17,19H,3,6,9-10H2,1-2H3/t13-,15-,17+/m0/s1. The second kappa shape index (κ2) is 7.03. The molecule has 3 heterocycles. The van der Waals surface area contributed by atoms with Crippen molar-refractivity contribution in [2.45, 2.75) is 39.0 Å². The summed E-state index contributed by atoms with van der Waals surface area (Å²) in [5, 5.41) is 7.99. The second-order valence-electron chi connectivity index (χ2n) is 5.88. The van der Waals surface area contributed by atoms with E-state index < -0.39 is 0 Å². The maximum absolute atomic E-state index is 5.94. The van der Waals surface area contributed by atoms with Gasteiger partial charge in [0, 0.05) is 55.8 Å². The van der Waals surface area contributed by atoms with Gasteiger partial charge < -0.3 is 10.1 Å². The van der Waals surface area contributed by atoms with Crippen LogP contribution < -0.4 is 5.32 Å². The van der Waals surface area contributed by atoms with E-state index in [1.165, 1.54) is 11.1 Å². The van der Waals surface area contributed by atoms with Gasteiger partial charge in [0.2, 0.25) is 0 Å². The molecule has 1 N–H and O–H groups in total. The molecular weight excluding hydrogens is 276 g/mol. The highest BCUT2D eigenvalue weighted by atomic mass is 16.5. The zero-order valence-electron chi connectivity index (χ0n) is 13.3. The van der Waals surface area contributed by atoms with Crippen LogP contribution in [0, 0.1) is 5.92 Å². The molecule has 5 heteroatoms. The summed E-state index contributed by atoms with van der Waals surface area (Å²) in [6.45, 7) is 6.97. The van der Waals surface area contributed by atoms with Crippen LogP contribution >= 0.6 is 0 Å². The summed E-state index contributed by atoms with van der Waals surface area (Å²) in [6.07, 6.45) is 8.99. The largest absolute Gasteiger partial charge is 0.373 e. The maximum atomic E-state index is 5.94. The number of aryl methyl sites for hydroxylation is 1. The molecule has 0 unspecified atom stereocenters. The Balaban J connectivity index is 1.59. The smallest absolute Gasteiger partial charge is 0.0896 e. The number of nitrogens with one attached hydrogen (secondary N) is 1. The summed E-state index contributed by atoms with van der Waals surface area (Å²) < 4.78 is 7.90. The van der Waals surface area contributed by atoms with Crippen molar-refractivity contribution in [1.82, 2.24) is 20.1 Å². The first-order valence-electron chi connectivity index (χ1n) is 8.05. The summed E-state index contributed by atoms with van der Waals surface area (Å²) in [6, 6.07) is 4.44. The van der Waals surface area contributed by atoms with E-state index in [0.717, 1.165) is 26.1 Å². The van der Waals surface area contributed by atoms with Gasteiger partial charge in [-0.3, -0.25) is 9.67 Å². The van der Waals surface area contributed by atoms with Crippen molar-refractivity contribution in [2.75, 3.05) is 13.2 Å². The fourth-order valence-electron chi connectivity index (χ4n) is 3.01. The molecule has 0 spiro atoms. The van der Waals surface area contributed by atoms with Gasteiger partial charge >= 0.3 is 0 Å². The fourth-order valence-corrected chi connectivity index (χ4v) is 3.01. The molecule has 0 saturated carbocycles. The molecule has 0 bridgehead atoms. The van der Waals surface area contributed by atoms with Gasteiger partial charge in [-0.25, -0.2) is 0 Å². The molecule has 3 atom stereocenters. The molecule has 1 fully saturated rings. The van der Waals surface area contributed by atoms with Crippen molar-refractivity contribution in [2.24, 2.45) is 5.92 Å². The number of rotatable bonds is 6. The van der Waals surface area contributed by atoms with E-state index in [4.69, 9.17) is 4.74 Å². The second-order valence-corrected chi connectivity index (χ2v) is 5.88. The van der Waals surface area contributed by atoms with Crippen LogP contribution in [0.3, 0.4) is 0 Å². The van der Waals surface area contributed by atoms with E-state index in [2.05, 4.69) is 47.6 Å². The predicted molar refractivity (Wildman–Crippen MR) is 85.4 cm³/mol. The van der Waals surface area contributed by atoms with Gasteiger partial charge in [-0.1, -0.05) is 0 Å². The fraction of sp³-hybridized carbons (Fsp3) is 0.529. The first-order valence-corrected chi connectivity index (χ1v) is 8.05. The molecule has 118 valence electrons. The van der Waals surface area contributed by atoms with Gasteiger partial charge in [-0.05, 0) is 38.0 Å². The van der Waals surface area contributed by atoms with Crippen molar-refractivity contribution < 1.29 is 4.74 Å². The Morgan fingerprint density at radius 1 is 1.41 bits per heavy atom. The molecule has 3 rings (SSSR count). The van der Waals surface area contributed by atoms with Gasteiger partial charge in [-0.2, -0.15) is 5.10 Å². The summed E-state index contributed by atoms with van der Waals surface area (Å²) in [5.74, 6) is 0.499. The Morgan fingerprint density at radius 3 is 2.95 bits per heavy atom. The lowest BCUT2D eigenvalue weighted by molar-refractivity contribution is 0.0898. The molecular formula is C17H24N4O. The van der Waals surface area contributed by atoms with Crippen molar-refractivity contribution in [3.8, 4) is 0 Å². The molecule has 22 heavy (non-hydrogen) atoms. The number of pyridine rings is 1. The average Bonchev–Trinajstić information content (AvgIpc) is 3.21. The normalized spacial score (nSPS) is 22.8. The molecule has 0 radical (unpaired) electrons. The number of aromatic nitrogens is 3. The maximum Gasteiger partial charge on any atom is 0.0896 e. The Hall–Kier alpha value is -1.72. The lowest BCUT2D eigenvalue weighted by Crippen LogP contribution is -2.27. The Morgan fingerprint density at radius 2 is 2.23 bits per heavy atom. The van der Waals surface area contributed by atoms with Crippen LogP contribution in [0.1, 0.15) is 43.5 Å². The zero-order valence-corrected chi connectivity index (χ0v) is 13.3. The quantitative estimate of drug-likeness (QED) is 0.891. The van der Waals surface area contributed by atoms with Crippen LogP contribution in [0.5, 0.6) is 0 Å². The van der Waals surface area contributed by atoms with Gasteiger partial charge in [0.25, 0.3) is 0 Å². The summed E-state index contributed by atoms with van der Waals surface area (Å²) in [7, 11) is 0. The van der Waals surface area contributed by atoms with Gasteiger partial charge in [0.05, 0.1) is 12.3 Å². The monoisotopic (exact) mass is 300 g/mol. The molecule has 0 amide bonds. The molecule has 1 saturated heterocycles. The van der Waals surface area contributed by atoms with Crippen LogP contribution in [-0.2, 0) is 11.3 Å². The first-order chi connectivity index (χ1) is 10.8. The van der Waals surface area contributed by atoms with Crippen molar-refractivity contribution in [3.05, 3.63) is 48.0 Å². The third-order valence-electron chi connectivity index (χ3n) is 4.41. The van der Waals surface area contributed by atoms with Gasteiger partial charge in [0.15, 0.2) is 0 Å². The molecule has 1 aliphatic rings. The van der Waals surface area contributed by atoms with E-state index >= 15 is 0 Å². The zero-order chi connectivity index (χ0) is 15.4. The highest BCUT2D eigenvalue weighted by molar-refractivity contribution is 5.15. The predicted octanol–water partition coefficient (Wildman–Crippen LogP) is 2.73. The van der Waals surface area contributed by atoms with E-state index in [0.29, 0.717) is 12.0 Å². The van der Waals surface area contributed by atoms with E-state index in [9.17, 15) is 0 Å². The highest BCUT2D eigenvalue weighted by Crippen LogP contribution is 2.34. The van der Waals surface area contributed by atoms with Crippen LogP contribution in [0.25, 0.3) is 0 Å². The molecule has 1 aliphatic heterocycles. The Kier molecular flexibility index (Phi) is 4.85. The summed E-state index contributed by atoms with van der Waals surface area (Å²) in [5.41, 5.74) is 2.46. The number of hydrogen-bond acceptors (Lipinski definition) is 4. The minimum atomic E-state index is 0.164. The van der Waals surface area contributed by atoms with Crippen LogP contribution in [0.4, 0.5) is 0 Å². The van der Waals surface area contributed by atoms with E-state index in [1.54, 1.807) is 0 Å². The summed E-state index contributed by atoms with van der Waals surface area (Å²) >= 11 is 0. The van der Waals surface area contributed by atoms with Crippen LogP contribution in [-0.4, -0.2) is 27.9 Å². The number of nitrogens with zero attached hydrogens (tertiary/aromatic N) is 3. The van der Waals surface area contributed by atoms with Crippen LogP contribution in [0.15, 0.2) is 36.9 Å². The Bertz CT molecular complexity index is 583. The topological polar surface area (TPSA) is 52.0 Å². The minimum absolute atomic E-state index is 0.164. The van der Waals surface area contributed by atoms with E-state index in [1.807, 2.05) is 23.3 Å². The molecule has 5 nitrogen and oxygen atoms in total. The van der Waals surface area contributed by atoms with Gasteiger partial charge in [-0.15, -0.1) is 0 Å². The molecule has 2 aromatic rings. The van der Waals surface area contributed by atoms with Crippen molar-refractivity contribution >= 4 is 0 Å². The third kappa shape index (κ3) is 3.36. The molecule has 0 aromatic carbocycles. The van der Waals surface area contributed by atoms with E-state index in [-0.39, 0.29) is 6.10 Å². The lowest BCUT2D eigenvalue weighted by Gasteiger charge is -2.21. The first kappa shape index (κ1) is 15.2.